The standard InChI is InChI=1S/C13H17ClO4S/c1-18-11-6-5-9(14)8-10(11)13(15)7-3-4-12(13)19(2,16)17/h5-6,8,12,15H,3-4,7H2,1-2H3. The molecule has 19 heavy (non-hydrogen) atoms. The van der Waals surface area contributed by atoms with Gasteiger partial charge in [0.25, 0.3) is 0 Å². The summed E-state index contributed by atoms with van der Waals surface area (Å²) in [6.45, 7) is 0. The largest absolute Gasteiger partial charge is 0.496 e. The highest BCUT2D eigenvalue weighted by Gasteiger charge is 2.49. The fourth-order valence-electron chi connectivity index (χ4n) is 2.85. The first-order valence-electron chi connectivity index (χ1n) is 6.04. The first-order valence-corrected chi connectivity index (χ1v) is 8.37. The molecule has 0 radical (unpaired) electrons. The van der Waals surface area contributed by atoms with Gasteiger partial charge >= 0.3 is 0 Å². The molecular weight excluding hydrogens is 288 g/mol. The summed E-state index contributed by atoms with van der Waals surface area (Å²) in [7, 11) is -1.86. The zero-order valence-corrected chi connectivity index (χ0v) is 12.5. The number of rotatable bonds is 3. The van der Waals surface area contributed by atoms with E-state index in [2.05, 4.69) is 0 Å². The van der Waals surface area contributed by atoms with Crippen molar-refractivity contribution in [3.05, 3.63) is 28.8 Å². The predicted molar refractivity (Wildman–Crippen MR) is 74.4 cm³/mol. The van der Waals surface area contributed by atoms with E-state index in [0.717, 1.165) is 6.26 Å². The highest BCUT2D eigenvalue weighted by Crippen LogP contribution is 2.46. The first-order chi connectivity index (χ1) is 8.79. The van der Waals surface area contributed by atoms with E-state index < -0.39 is 20.7 Å². The van der Waals surface area contributed by atoms with Crippen LogP contribution in [-0.4, -0.2) is 32.1 Å². The molecule has 2 unspecified atom stereocenters. The third kappa shape index (κ3) is 2.59. The Morgan fingerprint density at radius 3 is 2.74 bits per heavy atom. The molecule has 1 aliphatic carbocycles. The van der Waals surface area contributed by atoms with Gasteiger partial charge in [-0.1, -0.05) is 11.6 Å². The maximum atomic E-state index is 11.9. The Bertz CT molecular complexity index is 584. The molecular formula is C13H17ClO4S. The van der Waals surface area contributed by atoms with Gasteiger partial charge in [0.2, 0.25) is 0 Å². The zero-order valence-electron chi connectivity index (χ0n) is 10.9. The summed E-state index contributed by atoms with van der Waals surface area (Å²) < 4.78 is 29.0. The summed E-state index contributed by atoms with van der Waals surface area (Å²) >= 11 is 5.96. The van der Waals surface area contributed by atoms with Crippen LogP contribution in [0.1, 0.15) is 24.8 Å². The molecule has 6 heteroatoms. The summed E-state index contributed by atoms with van der Waals surface area (Å²) in [5, 5.41) is 10.5. The van der Waals surface area contributed by atoms with E-state index in [1.807, 2.05) is 0 Å². The molecule has 1 fully saturated rings. The van der Waals surface area contributed by atoms with E-state index in [-0.39, 0.29) is 0 Å². The minimum absolute atomic E-state index is 0.390. The molecule has 0 bridgehead atoms. The van der Waals surface area contributed by atoms with Gasteiger partial charge in [-0.05, 0) is 37.5 Å². The summed E-state index contributed by atoms with van der Waals surface area (Å²) in [5.41, 5.74) is -0.973. The maximum Gasteiger partial charge on any atom is 0.153 e. The number of hydrogen-bond acceptors (Lipinski definition) is 4. The average Bonchev–Trinajstić information content (AvgIpc) is 2.72. The summed E-state index contributed by atoms with van der Waals surface area (Å²) in [6.07, 6.45) is 2.65. The quantitative estimate of drug-likeness (QED) is 0.929. The average molecular weight is 305 g/mol. The zero-order chi connectivity index (χ0) is 14.3. The van der Waals surface area contributed by atoms with Crippen molar-refractivity contribution < 1.29 is 18.3 Å². The number of methoxy groups -OCH3 is 1. The molecule has 1 aromatic carbocycles. The molecule has 1 aliphatic rings. The molecule has 1 aromatic rings. The smallest absolute Gasteiger partial charge is 0.153 e. The van der Waals surface area contributed by atoms with Gasteiger partial charge in [0, 0.05) is 16.8 Å². The van der Waals surface area contributed by atoms with E-state index in [1.54, 1.807) is 18.2 Å². The van der Waals surface area contributed by atoms with Gasteiger partial charge in [0.15, 0.2) is 9.84 Å². The highest BCUT2D eigenvalue weighted by molar-refractivity contribution is 7.91. The molecule has 0 spiro atoms. The van der Waals surface area contributed by atoms with E-state index in [4.69, 9.17) is 16.3 Å². The van der Waals surface area contributed by atoms with Crippen molar-refractivity contribution in [2.45, 2.75) is 30.1 Å². The Balaban J connectivity index is 2.58. The molecule has 0 saturated heterocycles. The van der Waals surface area contributed by atoms with Crippen LogP contribution in [0.25, 0.3) is 0 Å². The van der Waals surface area contributed by atoms with Gasteiger partial charge in [0.1, 0.15) is 11.4 Å². The maximum absolute atomic E-state index is 11.9. The SMILES string of the molecule is COc1ccc(Cl)cc1C1(O)CCCC1S(C)(=O)=O. The van der Waals surface area contributed by atoms with E-state index in [9.17, 15) is 13.5 Å². The van der Waals surface area contributed by atoms with Crippen LogP contribution in [-0.2, 0) is 15.4 Å². The van der Waals surface area contributed by atoms with Crippen molar-refractivity contribution in [2.24, 2.45) is 0 Å². The molecule has 106 valence electrons. The second-order valence-corrected chi connectivity index (χ2v) is 7.64. The Hall–Kier alpha value is -0.780. The van der Waals surface area contributed by atoms with Crippen LogP contribution in [0.3, 0.4) is 0 Å². The number of halogens is 1. The molecule has 0 heterocycles. The minimum Gasteiger partial charge on any atom is -0.496 e. The highest BCUT2D eigenvalue weighted by atomic mass is 35.5. The van der Waals surface area contributed by atoms with Gasteiger partial charge in [-0.2, -0.15) is 0 Å². The summed E-state index contributed by atoms with van der Waals surface area (Å²) in [5.74, 6) is 0.461. The van der Waals surface area contributed by atoms with Crippen molar-refractivity contribution in [3.63, 3.8) is 0 Å². The number of aliphatic hydroxyl groups is 1. The van der Waals surface area contributed by atoms with Crippen LogP contribution in [0.2, 0.25) is 5.02 Å². The fourth-order valence-corrected chi connectivity index (χ4v) is 4.57. The van der Waals surface area contributed by atoms with Crippen molar-refractivity contribution in [1.82, 2.24) is 0 Å². The molecule has 0 aliphatic heterocycles. The van der Waals surface area contributed by atoms with Gasteiger partial charge in [0.05, 0.1) is 12.4 Å². The lowest BCUT2D eigenvalue weighted by atomic mass is 9.91. The monoisotopic (exact) mass is 304 g/mol. The van der Waals surface area contributed by atoms with Gasteiger partial charge < -0.3 is 9.84 Å². The van der Waals surface area contributed by atoms with Crippen LogP contribution in [0.15, 0.2) is 18.2 Å². The van der Waals surface area contributed by atoms with Gasteiger partial charge in [-0.15, -0.1) is 0 Å². The molecule has 2 atom stereocenters. The molecule has 0 aromatic heterocycles. The number of benzene rings is 1. The van der Waals surface area contributed by atoms with Crippen molar-refractivity contribution in [2.75, 3.05) is 13.4 Å². The van der Waals surface area contributed by atoms with Gasteiger partial charge in [-0.3, -0.25) is 0 Å². The van der Waals surface area contributed by atoms with Crippen molar-refractivity contribution >= 4 is 21.4 Å². The lowest BCUT2D eigenvalue weighted by Crippen LogP contribution is -2.40. The lowest BCUT2D eigenvalue weighted by molar-refractivity contribution is 0.0452. The van der Waals surface area contributed by atoms with E-state index in [0.29, 0.717) is 35.6 Å². The minimum atomic E-state index is -3.34. The Morgan fingerprint density at radius 1 is 1.47 bits per heavy atom. The lowest BCUT2D eigenvalue weighted by Gasteiger charge is -2.30. The topological polar surface area (TPSA) is 63.6 Å². The Labute approximate surface area is 118 Å². The van der Waals surface area contributed by atoms with Crippen LogP contribution in [0, 0.1) is 0 Å². The normalized spacial score (nSPS) is 27.5. The van der Waals surface area contributed by atoms with Crippen LogP contribution in [0.4, 0.5) is 0 Å². The number of ether oxygens (including phenoxy) is 1. The van der Waals surface area contributed by atoms with Crippen LogP contribution in [0.5, 0.6) is 5.75 Å². The molecule has 1 saturated carbocycles. The fraction of sp³-hybridized carbons (Fsp3) is 0.538. The number of hydrogen-bond donors (Lipinski definition) is 1. The Kier molecular flexibility index (Phi) is 3.82. The molecule has 4 nitrogen and oxygen atoms in total. The summed E-state index contributed by atoms with van der Waals surface area (Å²) in [4.78, 5) is 0. The van der Waals surface area contributed by atoms with Crippen molar-refractivity contribution in [1.29, 1.82) is 0 Å². The van der Waals surface area contributed by atoms with E-state index >= 15 is 0 Å². The molecule has 1 N–H and O–H groups in total. The summed E-state index contributed by atoms with van der Waals surface area (Å²) in [6, 6.07) is 4.88. The second-order valence-electron chi connectivity index (χ2n) is 4.98. The molecule has 0 amide bonds. The first kappa shape index (κ1) is 14.6. The van der Waals surface area contributed by atoms with Crippen LogP contribution >= 0.6 is 11.6 Å². The van der Waals surface area contributed by atoms with Crippen molar-refractivity contribution in [3.8, 4) is 5.75 Å². The van der Waals surface area contributed by atoms with Gasteiger partial charge in [-0.25, -0.2) is 8.42 Å². The second kappa shape index (κ2) is 4.96. The predicted octanol–water partition coefficient (Wildman–Crippen LogP) is 2.13. The number of sulfone groups is 1. The van der Waals surface area contributed by atoms with E-state index in [1.165, 1.54) is 7.11 Å². The third-order valence-corrected chi connectivity index (χ3v) is 5.60. The third-order valence-electron chi connectivity index (χ3n) is 3.70. The Morgan fingerprint density at radius 2 is 2.16 bits per heavy atom. The molecule has 2 rings (SSSR count). The van der Waals surface area contributed by atoms with Crippen LogP contribution < -0.4 is 4.74 Å².